The molecule has 0 spiro atoms. The van der Waals surface area contributed by atoms with Gasteiger partial charge < -0.3 is 4.74 Å². The van der Waals surface area contributed by atoms with E-state index in [2.05, 4.69) is 27.7 Å². The molecular weight excluding hydrogens is 212 g/mol. The van der Waals surface area contributed by atoms with E-state index in [9.17, 15) is 4.79 Å². The van der Waals surface area contributed by atoms with Crippen LogP contribution in [0.4, 0.5) is 0 Å². The van der Waals surface area contributed by atoms with Crippen LogP contribution >= 0.6 is 0 Å². The summed E-state index contributed by atoms with van der Waals surface area (Å²) in [6, 6.07) is 0. The van der Waals surface area contributed by atoms with Gasteiger partial charge >= 0.3 is 0 Å². The Morgan fingerprint density at radius 1 is 0.882 bits per heavy atom. The van der Waals surface area contributed by atoms with E-state index in [0.717, 1.165) is 25.7 Å². The molecule has 0 N–H and O–H groups in total. The molecule has 2 aliphatic rings. The van der Waals surface area contributed by atoms with E-state index < -0.39 is 0 Å². The van der Waals surface area contributed by atoms with Gasteiger partial charge in [-0.05, 0) is 37.5 Å². The molecule has 2 nitrogen and oxygen atoms in total. The van der Waals surface area contributed by atoms with Gasteiger partial charge in [-0.3, -0.25) is 4.79 Å². The molecule has 2 saturated heterocycles. The predicted octanol–water partition coefficient (Wildman–Crippen LogP) is 3.73. The molecule has 2 aliphatic heterocycles. The second-order valence-corrected chi connectivity index (χ2v) is 6.58. The van der Waals surface area contributed by atoms with Gasteiger partial charge in [0.1, 0.15) is 5.78 Å². The van der Waals surface area contributed by atoms with E-state index in [1.165, 1.54) is 0 Å². The second-order valence-electron chi connectivity index (χ2n) is 6.58. The molecule has 0 unspecified atom stereocenters. The van der Waals surface area contributed by atoms with Crippen molar-refractivity contribution >= 4 is 5.78 Å². The smallest absolute Gasteiger partial charge is 0.133 e. The van der Waals surface area contributed by atoms with Crippen molar-refractivity contribution in [1.29, 1.82) is 0 Å². The zero-order valence-electron chi connectivity index (χ0n) is 11.7. The highest BCUT2D eigenvalue weighted by atomic mass is 16.5. The Balaban J connectivity index is 2.29. The molecule has 2 heterocycles. The molecule has 0 saturated carbocycles. The minimum atomic E-state index is -0.0274. The van der Waals surface area contributed by atoms with E-state index in [-0.39, 0.29) is 11.2 Å². The van der Waals surface area contributed by atoms with Crippen LogP contribution < -0.4 is 0 Å². The van der Waals surface area contributed by atoms with E-state index in [1.807, 2.05) is 0 Å². The highest BCUT2D eigenvalue weighted by Crippen LogP contribution is 2.51. The topological polar surface area (TPSA) is 26.3 Å². The Kier molecular flexibility index (Phi) is 3.37. The quantitative estimate of drug-likeness (QED) is 0.732. The predicted molar refractivity (Wildman–Crippen MR) is 68.9 cm³/mol. The summed E-state index contributed by atoms with van der Waals surface area (Å²) in [5.74, 6) is 1.45. The maximum absolute atomic E-state index is 11.8. The Labute approximate surface area is 105 Å². The Bertz CT molecular complexity index is 280. The zero-order chi connectivity index (χ0) is 12.7. The highest BCUT2D eigenvalue weighted by Gasteiger charge is 2.52. The van der Waals surface area contributed by atoms with E-state index in [4.69, 9.17) is 4.74 Å². The van der Waals surface area contributed by atoms with Gasteiger partial charge in [-0.15, -0.1) is 0 Å². The maximum atomic E-state index is 11.8. The van der Waals surface area contributed by atoms with E-state index in [0.29, 0.717) is 30.5 Å². The number of carbonyl (C=O) groups is 1. The van der Waals surface area contributed by atoms with Crippen molar-refractivity contribution in [2.75, 3.05) is 0 Å². The third kappa shape index (κ3) is 2.16. The lowest BCUT2D eigenvalue weighted by Gasteiger charge is -2.41. The summed E-state index contributed by atoms with van der Waals surface area (Å²) in [5, 5.41) is 0. The molecule has 2 fully saturated rings. The number of fused-ring (bicyclic) bond motifs is 2. The van der Waals surface area contributed by atoms with Crippen LogP contribution in [0.2, 0.25) is 0 Å². The van der Waals surface area contributed by atoms with Crippen molar-refractivity contribution in [2.24, 2.45) is 11.8 Å². The first-order valence-electron chi connectivity index (χ1n) is 7.12. The van der Waals surface area contributed by atoms with Gasteiger partial charge in [-0.1, -0.05) is 27.7 Å². The lowest BCUT2D eigenvalue weighted by atomic mass is 9.82. The molecule has 0 amide bonds. The minimum absolute atomic E-state index is 0.0274. The maximum Gasteiger partial charge on any atom is 0.133 e. The van der Waals surface area contributed by atoms with Crippen molar-refractivity contribution in [3.05, 3.63) is 0 Å². The first kappa shape index (κ1) is 13.1. The summed E-state index contributed by atoms with van der Waals surface area (Å²) in [6.07, 6.45) is 5.56. The summed E-state index contributed by atoms with van der Waals surface area (Å²) in [7, 11) is 0. The Morgan fingerprint density at radius 2 is 1.29 bits per heavy atom. The van der Waals surface area contributed by atoms with Crippen molar-refractivity contribution in [3.63, 3.8) is 0 Å². The third-order valence-electron chi connectivity index (χ3n) is 5.14. The monoisotopic (exact) mass is 238 g/mol. The highest BCUT2D eigenvalue weighted by molar-refractivity contribution is 5.78. The molecule has 98 valence electrons. The van der Waals surface area contributed by atoms with Gasteiger partial charge in [0.15, 0.2) is 0 Å². The number of hydrogen-bond donors (Lipinski definition) is 0. The molecule has 0 aromatic carbocycles. The summed E-state index contributed by atoms with van der Waals surface area (Å²) >= 11 is 0. The molecular formula is C15H26O2. The van der Waals surface area contributed by atoms with Crippen LogP contribution in [0, 0.1) is 11.8 Å². The van der Waals surface area contributed by atoms with Crippen LogP contribution in [0.15, 0.2) is 0 Å². The summed E-state index contributed by atoms with van der Waals surface area (Å²) in [6.45, 7) is 8.95. The second kappa shape index (κ2) is 4.38. The van der Waals surface area contributed by atoms with Crippen LogP contribution in [0.25, 0.3) is 0 Å². The molecule has 2 atom stereocenters. The molecule has 0 aliphatic carbocycles. The Hall–Kier alpha value is -0.370. The van der Waals surface area contributed by atoms with Crippen molar-refractivity contribution in [1.82, 2.24) is 0 Å². The first-order chi connectivity index (χ1) is 7.90. The van der Waals surface area contributed by atoms with Crippen LogP contribution in [0.3, 0.4) is 0 Å². The molecule has 0 aromatic heterocycles. The van der Waals surface area contributed by atoms with Gasteiger partial charge in [0.05, 0.1) is 11.2 Å². The number of carbonyl (C=O) groups excluding carboxylic acids is 1. The lowest BCUT2D eigenvalue weighted by molar-refractivity contribution is -0.163. The number of hydrogen-bond acceptors (Lipinski definition) is 2. The SMILES string of the molecule is CC(C)[C@@]12CCC(=O)CC[C@@](C(C)C)(CC1)O2. The molecule has 0 aromatic rings. The average Bonchev–Trinajstić information content (AvgIpc) is 2.66. The van der Waals surface area contributed by atoms with Gasteiger partial charge in [0.25, 0.3) is 0 Å². The normalized spacial score (nSPS) is 38.6. The summed E-state index contributed by atoms with van der Waals surface area (Å²) < 4.78 is 6.60. The largest absolute Gasteiger partial charge is 0.368 e. The van der Waals surface area contributed by atoms with Crippen molar-refractivity contribution < 1.29 is 9.53 Å². The van der Waals surface area contributed by atoms with E-state index >= 15 is 0 Å². The standard InChI is InChI=1S/C15H26O2/c1-11(2)14-7-5-13(16)6-8-15(17-14,10-9-14)12(3)4/h11-12H,5-10H2,1-4H3/t14-,15+. The van der Waals surface area contributed by atoms with Gasteiger partial charge in [-0.25, -0.2) is 0 Å². The molecule has 0 radical (unpaired) electrons. The van der Waals surface area contributed by atoms with Crippen LogP contribution in [0.1, 0.15) is 66.2 Å². The fourth-order valence-electron chi connectivity index (χ4n) is 3.50. The van der Waals surface area contributed by atoms with Crippen LogP contribution in [-0.4, -0.2) is 17.0 Å². The zero-order valence-corrected chi connectivity index (χ0v) is 11.7. The van der Waals surface area contributed by atoms with Crippen molar-refractivity contribution in [3.8, 4) is 0 Å². The average molecular weight is 238 g/mol. The number of Topliss-reactive ketones (excluding diaryl/α,β-unsaturated/α-hetero) is 1. The van der Waals surface area contributed by atoms with Gasteiger partial charge in [-0.2, -0.15) is 0 Å². The number of rotatable bonds is 2. The first-order valence-corrected chi connectivity index (χ1v) is 7.12. The molecule has 17 heavy (non-hydrogen) atoms. The lowest BCUT2D eigenvalue weighted by Crippen LogP contribution is -2.44. The summed E-state index contributed by atoms with van der Waals surface area (Å²) in [4.78, 5) is 11.8. The molecule has 2 heteroatoms. The van der Waals surface area contributed by atoms with Crippen LogP contribution in [0.5, 0.6) is 0 Å². The number of ketones is 1. The van der Waals surface area contributed by atoms with Gasteiger partial charge in [0, 0.05) is 12.8 Å². The number of ether oxygens (including phenoxy) is 1. The minimum Gasteiger partial charge on any atom is -0.368 e. The fourth-order valence-corrected chi connectivity index (χ4v) is 3.50. The Morgan fingerprint density at radius 3 is 1.65 bits per heavy atom. The van der Waals surface area contributed by atoms with E-state index in [1.54, 1.807) is 0 Å². The van der Waals surface area contributed by atoms with Gasteiger partial charge in [0.2, 0.25) is 0 Å². The molecule has 2 rings (SSSR count). The van der Waals surface area contributed by atoms with Crippen molar-refractivity contribution in [2.45, 2.75) is 77.4 Å². The summed E-state index contributed by atoms with van der Waals surface area (Å²) in [5.41, 5.74) is -0.0549. The van der Waals surface area contributed by atoms with Crippen LogP contribution in [-0.2, 0) is 9.53 Å². The third-order valence-corrected chi connectivity index (χ3v) is 5.14. The fraction of sp³-hybridized carbons (Fsp3) is 0.933. The molecule has 2 bridgehead atoms.